The Bertz CT molecular complexity index is 263. The Morgan fingerprint density at radius 3 is 2.60 bits per heavy atom. The molecule has 1 aliphatic rings. The molecule has 5 nitrogen and oxygen atoms in total. The average Bonchev–Trinajstić information content (AvgIpc) is 2.48. The molecule has 0 amide bonds. The zero-order valence-electron chi connectivity index (χ0n) is 13.2. The number of guanidine groups is 1. The van der Waals surface area contributed by atoms with E-state index in [9.17, 15) is 0 Å². The van der Waals surface area contributed by atoms with E-state index in [0.717, 1.165) is 38.1 Å². The summed E-state index contributed by atoms with van der Waals surface area (Å²) in [5.41, 5.74) is 2.67. The zero-order valence-corrected chi connectivity index (χ0v) is 13.2. The van der Waals surface area contributed by atoms with Crippen LogP contribution in [0.25, 0.3) is 0 Å². The molecule has 0 spiro atoms. The van der Waals surface area contributed by atoms with Gasteiger partial charge in [-0.15, -0.1) is 0 Å². The number of hydrazine groups is 1. The fourth-order valence-corrected chi connectivity index (χ4v) is 2.83. The van der Waals surface area contributed by atoms with Crippen molar-refractivity contribution in [2.45, 2.75) is 64.8 Å². The van der Waals surface area contributed by atoms with Crippen molar-refractivity contribution in [3.8, 4) is 0 Å². The first kappa shape index (κ1) is 17.2. The summed E-state index contributed by atoms with van der Waals surface area (Å²) < 4.78 is 5.29. The number of ether oxygens (including phenoxy) is 1. The summed E-state index contributed by atoms with van der Waals surface area (Å²) in [5, 5.41) is 3.43. The minimum absolute atomic E-state index is 0.518. The quantitative estimate of drug-likeness (QED) is 0.210. The Hall–Kier alpha value is -0.810. The number of rotatable bonds is 8. The predicted molar refractivity (Wildman–Crippen MR) is 84.5 cm³/mol. The third kappa shape index (κ3) is 7.10. The summed E-state index contributed by atoms with van der Waals surface area (Å²) in [4.78, 5) is 4.45. The Morgan fingerprint density at radius 2 is 2.00 bits per heavy atom. The lowest BCUT2D eigenvalue weighted by Crippen LogP contribution is -2.47. The first-order valence-corrected chi connectivity index (χ1v) is 8.15. The molecule has 0 aliphatic heterocycles. The van der Waals surface area contributed by atoms with E-state index in [1.54, 1.807) is 0 Å². The lowest BCUT2D eigenvalue weighted by molar-refractivity contribution is 0.146. The van der Waals surface area contributed by atoms with Gasteiger partial charge in [-0.3, -0.25) is 10.4 Å². The van der Waals surface area contributed by atoms with Crippen LogP contribution in [0.4, 0.5) is 0 Å². The Kier molecular flexibility index (Phi) is 9.41. The number of nitrogens with two attached hydrogens (primary N) is 1. The van der Waals surface area contributed by atoms with Crippen molar-refractivity contribution in [1.29, 1.82) is 0 Å². The third-order valence-electron chi connectivity index (χ3n) is 3.94. The van der Waals surface area contributed by atoms with Crippen LogP contribution in [0.3, 0.4) is 0 Å². The fraction of sp³-hybridized carbons (Fsp3) is 0.933. The highest BCUT2D eigenvalue weighted by atomic mass is 16.5. The number of nitrogens with one attached hydrogen (secondary N) is 2. The van der Waals surface area contributed by atoms with Crippen LogP contribution in [0.5, 0.6) is 0 Å². The second-order valence-corrected chi connectivity index (χ2v) is 5.58. The van der Waals surface area contributed by atoms with Crippen LogP contribution >= 0.6 is 0 Å². The molecule has 4 N–H and O–H groups in total. The highest BCUT2D eigenvalue weighted by molar-refractivity contribution is 5.79. The van der Waals surface area contributed by atoms with Gasteiger partial charge in [0, 0.05) is 25.8 Å². The molecule has 20 heavy (non-hydrogen) atoms. The molecule has 0 aromatic rings. The third-order valence-corrected chi connectivity index (χ3v) is 3.94. The largest absolute Gasteiger partial charge is 0.382 e. The van der Waals surface area contributed by atoms with E-state index in [1.165, 1.54) is 38.5 Å². The van der Waals surface area contributed by atoms with Gasteiger partial charge in [-0.05, 0) is 44.9 Å². The number of hydrogen-bond acceptors (Lipinski definition) is 3. The fourth-order valence-electron chi connectivity index (χ4n) is 2.83. The van der Waals surface area contributed by atoms with E-state index >= 15 is 0 Å². The van der Waals surface area contributed by atoms with Gasteiger partial charge >= 0.3 is 0 Å². The summed E-state index contributed by atoms with van der Waals surface area (Å²) in [7, 11) is 0. The van der Waals surface area contributed by atoms with Gasteiger partial charge in [-0.1, -0.05) is 19.8 Å². The molecule has 1 saturated carbocycles. The smallest absolute Gasteiger partial charge is 0.205 e. The first-order chi connectivity index (χ1) is 9.80. The summed E-state index contributed by atoms with van der Waals surface area (Å²) in [6.45, 7) is 6.56. The standard InChI is InChI=1S/C15H32N4O/c1-3-6-13-7-9-14(10-8-13)18-15(19-16)17-11-5-12-20-4-2/h13-14H,3-12,16H2,1-2H3,(H2,17,18,19). The molecular weight excluding hydrogens is 252 g/mol. The maximum Gasteiger partial charge on any atom is 0.205 e. The normalized spacial score (nSPS) is 23.6. The molecule has 1 fully saturated rings. The lowest BCUT2D eigenvalue weighted by atomic mass is 9.83. The van der Waals surface area contributed by atoms with Crippen molar-refractivity contribution < 1.29 is 4.74 Å². The van der Waals surface area contributed by atoms with E-state index in [-0.39, 0.29) is 0 Å². The summed E-state index contributed by atoms with van der Waals surface area (Å²) in [6.07, 6.45) is 8.72. The minimum Gasteiger partial charge on any atom is -0.382 e. The summed E-state index contributed by atoms with van der Waals surface area (Å²) in [6, 6.07) is 0.518. The predicted octanol–water partition coefficient (Wildman–Crippen LogP) is 2.18. The van der Waals surface area contributed by atoms with Crippen LogP contribution in [0.15, 0.2) is 4.99 Å². The molecule has 0 radical (unpaired) electrons. The molecule has 0 saturated heterocycles. The zero-order chi connectivity index (χ0) is 14.6. The van der Waals surface area contributed by atoms with E-state index in [1.807, 2.05) is 6.92 Å². The summed E-state index contributed by atoms with van der Waals surface area (Å²) >= 11 is 0. The van der Waals surface area contributed by atoms with E-state index in [4.69, 9.17) is 10.6 Å². The van der Waals surface area contributed by atoms with Gasteiger partial charge in [0.1, 0.15) is 0 Å². The topological polar surface area (TPSA) is 71.7 Å². The van der Waals surface area contributed by atoms with E-state index in [0.29, 0.717) is 6.04 Å². The molecule has 0 atom stereocenters. The number of nitrogens with zero attached hydrogens (tertiary/aromatic N) is 1. The molecule has 0 heterocycles. The summed E-state index contributed by atoms with van der Waals surface area (Å²) in [5.74, 6) is 7.18. The molecule has 0 unspecified atom stereocenters. The molecule has 1 aliphatic carbocycles. The number of aliphatic imine (C=N–C) groups is 1. The van der Waals surface area contributed by atoms with Gasteiger partial charge in [0.05, 0.1) is 0 Å². The van der Waals surface area contributed by atoms with Gasteiger partial charge in [-0.25, -0.2) is 5.84 Å². The van der Waals surface area contributed by atoms with Gasteiger partial charge < -0.3 is 10.1 Å². The van der Waals surface area contributed by atoms with Crippen LogP contribution in [0.2, 0.25) is 0 Å². The van der Waals surface area contributed by atoms with Crippen LogP contribution in [-0.2, 0) is 4.74 Å². The van der Waals surface area contributed by atoms with Crippen LogP contribution in [0.1, 0.15) is 58.8 Å². The highest BCUT2D eigenvalue weighted by Crippen LogP contribution is 2.27. The molecule has 0 aromatic heterocycles. The minimum atomic E-state index is 0.518. The molecule has 0 aromatic carbocycles. The lowest BCUT2D eigenvalue weighted by Gasteiger charge is -2.29. The van der Waals surface area contributed by atoms with Crippen molar-refractivity contribution in [3.05, 3.63) is 0 Å². The molecule has 5 heteroatoms. The van der Waals surface area contributed by atoms with Crippen molar-refractivity contribution in [2.75, 3.05) is 19.8 Å². The molecule has 0 bridgehead atoms. The van der Waals surface area contributed by atoms with Gasteiger partial charge in [0.2, 0.25) is 5.96 Å². The Balaban J connectivity index is 2.21. The van der Waals surface area contributed by atoms with Gasteiger partial charge in [0.15, 0.2) is 0 Å². The Labute approximate surface area is 123 Å². The van der Waals surface area contributed by atoms with Crippen molar-refractivity contribution in [1.82, 2.24) is 10.7 Å². The number of hydrogen-bond donors (Lipinski definition) is 3. The van der Waals surface area contributed by atoms with Crippen molar-refractivity contribution >= 4 is 5.96 Å². The highest BCUT2D eigenvalue weighted by Gasteiger charge is 2.20. The maximum absolute atomic E-state index is 5.53. The Morgan fingerprint density at radius 1 is 1.25 bits per heavy atom. The van der Waals surface area contributed by atoms with E-state index < -0.39 is 0 Å². The van der Waals surface area contributed by atoms with Gasteiger partial charge in [0.25, 0.3) is 0 Å². The second-order valence-electron chi connectivity index (χ2n) is 5.58. The average molecular weight is 284 g/mol. The van der Waals surface area contributed by atoms with Crippen molar-refractivity contribution in [2.24, 2.45) is 16.8 Å². The molecule has 118 valence electrons. The van der Waals surface area contributed by atoms with Gasteiger partial charge in [-0.2, -0.15) is 0 Å². The SMILES string of the molecule is CCCC1CCC(NC(=NCCCOCC)NN)CC1. The molecule has 1 rings (SSSR count). The van der Waals surface area contributed by atoms with Crippen LogP contribution in [-0.4, -0.2) is 31.8 Å². The molecular formula is C15H32N4O. The second kappa shape index (κ2) is 10.9. The first-order valence-electron chi connectivity index (χ1n) is 8.15. The van der Waals surface area contributed by atoms with Crippen molar-refractivity contribution in [3.63, 3.8) is 0 Å². The van der Waals surface area contributed by atoms with E-state index in [2.05, 4.69) is 22.7 Å². The van der Waals surface area contributed by atoms with Crippen LogP contribution in [0, 0.1) is 5.92 Å². The maximum atomic E-state index is 5.53. The monoisotopic (exact) mass is 284 g/mol. The van der Waals surface area contributed by atoms with Crippen LogP contribution < -0.4 is 16.6 Å².